The summed E-state index contributed by atoms with van der Waals surface area (Å²) in [6.45, 7) is 1.19. The molecule has 118 valence electrons. The highest BCUT2D eigenvalue weighted by molar-refractivity contribution is 7.95. The summed E-state index contributed by atoms with van der Waals surface area (Å²) in [7, 11) is -4.02. The maximum absolute atomic E-state index is 12.3. The Kier molecular flexibility index (Phi) is 4.93. The molecule has 0 amide bonds. The second-order valence-electron chi connectivity index (χ2n) is 4.38. The summed E-state index contributed by atoms with van der Waals surface area (Å²) in [4.78, 5) is 14.0. The molecule has 0 aliphatic heterocycles. The number of nitriles is 1. The number of hydrogen-bond donors (Lipinski definition) is 0. The van der Waals surface area contributed by atoms with Gasteiger partial charge in [0.1, 0.15) is 24.2 Å². The van der Waals surface area contributed by atoms with Crippen LogP contribution in [-0.2, 0) is 26.0 Å². The molecule has 2 heterocycles. The van der Waals surface area contributed by atoms with E-state index in [9.17, 15) is 13.2 Å². The van der Waals surface area contributed by atoms with Gasteiger partial charge in [-0.1, -0.05) is 6.07 Å². The van der Waals surface area contributed by atoms with E-state index in [0.29, 0.717) is 5.76 Å². The Morgan fingerprint density at radius 1 is 1.39 bits per heavy atom. The molecule has 0 saturated heterocycles. The first-order valence-electron chi connectivity index (χ1n) is 6.43. The molecule has 2 rings (SSSR count). The molecule has 0 saturated carbocycles. The van der Waals surface area contributed by atoms with Gasteiger partial charge in [0.25, 0.3) is 0 Å². The number of aromatic nitrogens is 1. The van der Waals surface area contributed by atoms with Crippen LogP contribution in [-0.4, -0.2) is 19.4 Å². The summed E-state index contributed by atoms with van der Waals surface area (Å²) < 4.78 is 34.7. The number of hydrogen-bond acceptors (Lipinski definition) is 7. The zero-order chi connectivity index (χ0) is 16.9. The molecule has 0 bridgehead atoms. The highest BCUT2D eigenvalue weighted by atomic mass is 32.2. The maximum atomic E-state index is 12.3. The molecule has 0 aliphatic rings. The predicted octanol–water partition coefficient (Wildman–Crippen LogP) is 2.08. The molecule has 2 aromatic heterocycles. The van der Waals surface area contributed by atoms with Gasteiger partial charge in [0.05, 0.1) is 0 Å². The molecule has 0 aromatic carbocycles. The Hall–Kier alpha value is -2.92. The Morgan fingerprint density at radius 2 is 2.17 bits per heavy atom. The van der Waals surface area contributed by atoms with Gasteiger partial charge >= 0.3 is 5.97 Å². The molecule has 0 N–H and O–H groups in total. The Labute approximate surface area is 132 Å². The van der Waals surface area contributed by atoms with Gasteiger partial charge in [-0.3, -0.25) is 4.79 Å². The van der Waals surface area contributed by atoms with E-state index < -0.39 is 20.7 Å². The molecule has 7 nitrogen and oxygen atoms in total. The fraction of sp³-hybridized carbons (Fsp3) is 0.133. The van der Waals surface area contributed by atoms with Gasteiger partial charge < -0.3 is 9.15 Å². The summed E-state index contributed by atoms with van der Waals surface area (Å²) >= 11 is 0. The lowest BCUT2D eigenvalue weighted by Gasteiger charge is -2.01. The molecular weight excluding hydrogens is 320 g/mol. The Bertz CT molecular complexity index is 876. The third-order valence-electron chi connectivity index (χ3n) is 2.69. The van der Waals surface area contributed by atoms with Crippen molar-refractivity contribution in [2.24, 2.45) is 0 Å². The zero-order valence-electron chi connectivity index (χ0n) is 12.1. The summed E-state index contributed by atoms with van der Waals surface area (Å²) in [5.41, 5.74) is 0. The Balaban J connectivity index is 2.29. The smallest absolute Gasteiger partial charge is 0.303 e. The van der Waals surface area contributed by atoms with E-state index in [1.165, 1.54) is 37.4 Å². The van der Waals surface area contributed by atoms with Crippen LogP contribution in [0.1, 0.15) is 18.4 Å². The minimum Gasteiger partial charge on any atom is -0.458 e. The fourth-order valence-corrected chi connectivity index (χ4v) is 2.71. The number of pyridine rings is 1. The number of esters is 1. The summed E-state index contributed by atoms with van der Waals surface area (Å²) in [5.74, 6) is 0.0242. The van der Waals surface area contributed by atoms with Crippen molar-refractivity contribution in [3.8, 4) is 6.07 Å². The van der Waals surface area contributed by atoms with Crippen LogP contribution in [0, 0.1) is 11.3 Å². The van der Waals surface area contributed by atoms with E-state index in [1.807, 2.05) is 0 Å². The minimum atomic E-state index is -4.02. The van der Waals surface area contributed by atoms with Crippen molar-refractivity contribution in [1.82, 2.24) is 4.98 Å². The van der Waals surface area contributed by atoms with Gasteiger partial charge in [-0.15, -0.1) is 0 Å². The molecule has 2 aromatic rings. The van der Waals surface area contributed by atoms with Crippen LogP contribution in [0.25, 0.3) is 6.08 Å². The van der Waals surface area contributed by atoms with E-state index >= 15 is 0 Å². The number of ether oxygens (including phenoxy) is 1. The molecule has 0 spiro atoms. The first kappa shape index (κ1) is 16.5. The number of nitrogens with zero attached hydrogens (tertiary/aromatic N) is 2. The van der Waals surface area contributed by atoms with Crippen LogP contribution in [0.15, 0.2) is 50.9 Å². The van der Waals surface area contributed by atoms with Gasteiger partial charge in [0.15, 0.2) is 9.93 Å². The number of sulfone groups is 1. The molecule has 0 atom stereocenters. The molecular formula is C15H12N2O5S. The number of carbonyl (C=O) groups excluding carboxylic acids is 1. The van der Waals surface area contributed by atoms with Crippen LogP contribution >= 0.6 is 0 Å². The zero-order valence-corrected chi connectivity index (χ0v) is 12.9. The lowest BCUT2D eigenvalue weighted by molar-refractivity contribution is -0.142. The van der Waals surface area contributed by atoms with Gasteiger partial charge in [0, 0.05) is 19.2 Å². The standard InChI is InChI=1S/C15H12N2O5S/c1-11(18)21-10-13-6-5-12(22-13)8-14(9-16)23(19,20)15-4-2-3-7-17-15/h2-8H,10H2,1H3/b14-8+. The van der Waals surface area contributed by atoms with Gasteiger partial charge in [-0.2, -0.15) is 5.26 Å². The van der Waals surface area contributed by atoms with Crippen molar-refractivity contribution in [1.29, 1.82) is 5.26 Å². The monoisotopic (exact) mass is 332 g/mol. The lowest BCUT2D eigenvalue weighted by atomic mass is 10.4. The van der Waals surface area contributed by atoms with Crippen molar-refractivity contribution in [3.05, 3.63) is 53.0 Å². The van der Waals surface area contributed by atoms with Crippen molar-refractivity contribution in [2.45, 2.75) is 18.6 Å². The first-order valence-corrected chi connectivity index (χ1v) is 7.92. The fourth-order valence-electron chi connectivity index (χ4n) is 1.64. The van der Waals surface area contributed by atoms with Crippen LogP contribution in [0.2, 0.25) is 0 Å². The second-order valence-corrected chi connectivity index (χ2v) is 6.24. The Morgan fingerprint density at radius 3 is 2.78 bits per heavy atom. The quantitative estimate of drug-likeness (QED) is 0.609. The SMILES string of the molecule is CC(=O)OCc1ccc(/C=C(\C#N)S(=O)(=O)c2ccccn2)o1. The normalized spacial score (nSPS) is 11.7. The van der Waals surface area contributed by atoms with E-state index in [4.69, 9.17) is 14.4 Å². The topological polar surface area (TPSA) is 110 Å². The highest BCUT2D eigenvalue weighted by Gasteiger charge is 2.22. The second kappa shape index (κ2) is 6.89. The molecule has 8 heteroatoms. The summed E-state index contributed by atoms with van der Waals surface area (Å²) in [6, 6.07) is 9.02. The number of rotatable bonds is 5. The van der Waals surface area contributed by atoms with Crippen molar-refractivity contribution < 1.29 is 22.4 Å². The lowest BCUT2D eigenvalue weighted by Crippen LogP contribution is -2.05. The number of carbonyl (C=O) groups is 1. The van der Waals surface area contributed by atoms with Crippen LogP contribution in [0.5, 0.6) is 0 Å². The molecule has 0 radical (unpaired) electrons. The van der Waals surface area contributed by atoms with E-state index in [-0.39, 0.29) is 17.4 Å². The third-order valence-corrected chi connectivity index (χ3v) is 4.27. The highest BCUT2D eigenvalue weighted by Crippen LogP contribution is 2.20. The number of furan rings is 1. The number of allylic oxidation sites excluding steroid dienone is 1. The van der Waals surface area contributed by atoms with Crippen LogP contribution < -0.4 is 0 Å². The molecule has 0 aliphatic carbocycles. The molecule has 0 fully saturated rings. The van der Waals surface area contributed by atoms with Crippen LogP contribution in [0.3, 0.4) is 0 Å². The van der Waals surface area contributed by atoms with Crippen LogP contribution in [0.4, 0.5) is 0 Å². The predicted molar refractivity (Wildman–Crippen MR) is 79.2 cm³/mol. The maximum Gasteiger partial charge on any atom is 0.303 e. The van der Waals surface area contributed by atoms with Crippen molar-refractivity contribution in [3.63, 3.8) is 0 Å². The van der Waals surface area contributed by atoms with E-state index in [1.54, 1.807) is 12.1 Å². The molecule has 23 heavy (non-hydrogen) atoms. The molecule has 0 unspecified atom stereocenters. The van der Waals surface area contributed by atoms with Crippen molar-refractivity contribution >= 4 is 21.9 Å². The van der Waals surface area contributed by atoms with E-state index in [0.717, 1.165) is 6.08 Å². The summed E-state index contributed by atoms with van der Waals surface area (Å²) in [6.07, 6.45) is 2.42. The average Bonchev–Trinajstić information content (AvgIpc) is 2.99. The van der Waals surface area contributed by atoms with Gasteiger partial charge in [-0.05, 0) is 24.3 Å². The van der Waals surface area contributed by atoms with Crippen molar-refractivity contribution in [2.75, 3.05) is 0 Å². The summed E-state index contributed by atoms with van der Waals surface area (Å²) in [5, 5.41) is 8.91. The van der Waals surface area contributed by atoms with Gasteiger partial charge in [0.2, 0.25) is 9.84 Å². The third kappa shape index (κ3) is 4.05. The first-order chi connectivity index (χ1) is 10.9. The van der Waals surface area contributed by atoms with E-state index in [2.05, 4.69) is 4.98 Å². The minimum absolute atomic E-state index is 0.0714. The largest absolute Gasteiger partial charge is 0.458 e. The average molecular weight is 332 g/mol. The van der Waals surface area contributed by atoms with Gasteiger partial charge in [-0.25, -0.2) is 13.4 Å².